The fourth-order valence-electron chi connectivity index (χ4n) is 1.72. The maximum Gasteiger partial charge on any atom is 0.246 e. The van der Waals surface area contributed by atoms with Crippen LogP contribution >= 0.6 is 31.9 Å². The first kappa shape index (κ1) is 17.4. The van der Waals surface area contributed by atoms with Gasteiger partial charge in [0.15, 0.2) is 0 Å². The van der Waals surface area contributed by atoms with Crippen LogP contribution < -0.4 is 5.73 Å². The Kier molecular flexibility index (Phi) is 6.01. The second-order valence-electron chi connectivity index (χ2n) is 4.29. The van der Waals surface area contributed by atoms with Gasteiger partial charge >= 0.3 is 0 Å². The maximum atomic E-state index is 12.7. The highest BCUT2D eigenvalue weighted by atomic mass is 79.9. The van der Waals surface area contributed by atoms with E-state index in [2.05, 4.69) is 31.9 Å². The maximum absolute atomic E-state index is 12.7. The predicted molar refractivity (Wildman–Crippen MR) is 85.5 cm³/mol. The number of halogens is 2. The minimum Gasteiger partial charge on any atom is -0.398 e. The quantitative estimate of drug-likeness (QED) is 0.736. The molecule has 0 aliphatic rings. The Bertz CT molecular complexity index is 618. The van der Waals surface area contributed by atoms with Crippen LogP contribution in [0.3, 0.4) is 0 Å². The van der Waals surface area contributed by atoms with Gasteiger partial charge in [-0.25, -0.2) is 8.42 Å². The Morgan fingerprint density at radius 3 is 2.50 bits per heavy atom. The minimum absolute atomic E-state index is 0.0349. The lowest BCUT2D eigenvalue weighted by Crippen LogP contribution is -2.35. The fraction of sp³-hybridized carbons (Fsp3) is 0.417. The highest BCUT2D eigenvalue weighted by Crippen LogP contribution is 2.33. The molecule has 110 valence electrons. The number of sulfonamides is 1. The third-order valence-corrected chi connectivity index (χ3v) is 6.09. The van der Waals surface area contributed by atoms with Crippen molar-refractivity contribution in [2.75, 3.05) is 18.8 Å². The first-order chi connectivity index (χ1) is 9.23. The number of nitrogens with zero attached hydrogens (tertiary/aromatic N) is 2. The van der Waals surface area contributed by atoms with Crippen LogP contribution in [0.25, 0.3) is 0 Å². The molecule has 1 aromatic rings. The second kappa shape index (κ2) is 6.89. The van der Waals surface area contributed by atoms with Gasteiger partial charge in [0.05, 0.1) is 17.7 Å². The normalized spacial score (nSPS) is 13.2. The van der Waals surface area contributed by atoms with E-state index in [0.717, 1.165) is 0 Å². The number of hydrogen-bond donors (Lipinski definition) is 1. The molecule has 0 aliphatic carbocycles. The van der Waals surface area contributed by atoms with E-state index < -0.39 is 10.0 Å². The summed E-state index contributed by atoms with van der Waals surface area (Å²) in [4.78, 5) is 0.0349. The minimum atomic E-state index is -3.74. The summed E-state index contributed by atoms with van der Waals surface area (Å²) < 4.78 is 27.7. The van der Waals surface area contributed by atoms with Gasteiger partial charge in [0, 0.05) is 22.0 Å². The van der Waals surface area contributed by atoms with Gasteiger partial charge in [-0.15, -0.1) is 0 Å². The van der Waals surface area contributed by atoms with Crippen molar-refractivity contribution >= 4 is 47.6 Å². The van der Waals surface area contributed by atoms with Crippen molar-refractivity contribution in [2.24, 2.45) is 5.92 Å². The molecule has 0 spiro atoms. The predicted octanol–water partition coefficient (Wildman–Crippen LogP) is 2.96. The summed E-state index contributed by atoms with van der Waals surface area (Å²) >= 11 is 6.49. The number of nitriles is 1. The van der Waals surface area contributed by atoms with Crippen LogP contribution in [-0.4, -0.2) is 25.8 Å². The number of nitrogen functional groups attached to an aromatic ring is 1. The zero-order valence-electron chi connectivity index (χ0n) is 11.1. The summed E-state index contributed by atoms with van der Waals surface area (Å²) in [7, 11) is -3.74. The molecule has 0 saturated heterocycles. The third kappa shape index (κ3) is 3.73. The van der Waals surface area contributed by atoms with Crippen molar-refractivity contribution in [3.8, 4) is 6.07 Å². The molecule has 0 bridgehead atoms. The first-order valence-electron chi connectivity index (χ1n) is 5.88. The smallest absolute Gasteiger partial charge is 0.246 e. The topological polar surface area (TPSA) is 87.2 Å². The first-order valence-corrected chi connectivity index (χ1v) is 8.90. The van der Waals surface area contributed by atoms with Crippen molar-refractivity contribution in [1.29, 1.82) is 5.26 Å². The van der Waals surface area contributed by atoms with Crippen molar-refractivity contribution in [3.63, 3.8) is 0 Å². The van der Waals surface area contributed by atoms with Crippen molar-refractivity contribution < 1.29 is 8.42 Å². The molecule has 1 atom stereocenters. The van der Waals surface area contributed by atoms with Crippen molar-refractivity contribution in [1.82, 2.24) is 4.31 Å². The lowest BCUT2D eigenvalue weighted by molar-refractivity contribution is 0.400. The molecule has 8 heteroatoms. The molecule has 0 aliphatic heterocycles. The van der Waals surface area contributed by atoms with E-state index in [9.17, 15) is 8.42 Å². The van der Waals surface area contributed by atoms with Crippen LogP contribution in [-0.2, 0) is 10.0 Å². The summed E-state index contributed by atoms with van der Waals surface area (Å²) in [6, 6.07) is 5.21. The highest BCUT2D eigenvalue weighted by molar-refractivity contribution is 9.11. The van der Waals surface area contributed by atoms with Crippen LogP contribution in [0, 0.1) is 17.2 Å². The Hall–Kier alpha value is -0.620. The van der Waals surface area contributed by atoms with Gasteiger partial charge in [0.25, 0.3) is 0 Å². The molecular formula is C12H15Br2N3O2S. The van der Waals surface area contributed by atoms with Gasteiger partial charge in [-0.2, -0.15) is 9.57 Å². The summed E-state index contributed by atoms with van der Waals surface area (Å²) in [5, 5.41) is 8.85. The average Bonchev–Trinajstić information content (AvgIpc) is 2.33. The summed E-state index contributed by atoms with van der Waals surface area (Å²) in [5.74, 6) is -0.389. The number of hydrogen-bond acceptors (Lipinski definition) is 4. The molecule has 0 saturated carbocycles. The molecule has 1 rings (SSSR count). The lowest BCUT2D eigenvalue weighted by Gasteiger charge is -2.23. The molecule has 20 heavy (non-hydrogen) atoms. The molecule has 0 heterocycles. The van der Waals surface area contributed by atoms with E-state index in [4.69, 9.17) is 11.0 Å². The molecule has 0 radical (unpaired) electrons. The number of rotatable bonds is 5. The summed E-state index contributed by atoms with van der Waals surface area (Å²) in [6.07, 6.45) is 0. The van der Waals surface area contributed by atoms with Crippen molar-refractivity contribution in [3.05, 3.63) is 21.1 Å². The van der Waals surface area contributed by atoms with Gasteiger partial charge in [-0.05, 0) is 35.0 Å². The van der Waals surface area contributed by atoms with Gasteiger partial charge in [0.2, 0.25) is 10.0 Å². The summed E-state index contributed by atoms with van der Waals surface area (Å²) in [5.41, 5.74) is 5.99. The zero-order chi connectivity index (χ0) is 15.5. The van der Waals surface area contributed by atoms with Crippen LogP contribution in [0.4, 0.5) is 5.69 Å². The fourth-order valence-corrected chi connectivity index (χ4v) is 5.28. The Morgan fingerprint density at radius 1 is 1.45 bits per heavy atom. The molecule has 0 fully saturated rings. The summed E-state index contributed by atoms with van der Waals surface area (Å²) in [6.45, 7) is 3.82. The standard InChI is InChI=1S/C12H15Br2N3O2S/c1-3-17(7-8(2)6-15)20(18,19)12-10(14)4-9(13)5-11(12)16/h4-5,8H,3,7,16H2,1-2H3. The lowest BCUT2D eigenvalue weighted by atomic mass is 10.2. The van der Waals surface area contributed by atoms with Gasteiger partial charge < -0.3 is 5.73 Å². The van der Waals surface area contributed by atoms with E-state index >= 15 is 0 Å². The van der Waals surface area contributed by atoms with E-state index in [-0.39, 0.29) is 29.6 Å². The van der Waals surface area contributed by atoms with Crippen LogP contribution in [0.2, 0.25) is 0 Å². The van der Waals surface area contributed by atoms with E-state index in [1.807, 2.05) is 6.07 Å². The largest absolute Gasteiger partial charge is 0.398 e. The molecular weight excluding hydrogens is 410 g/mol. The van der Waals surface area contributed by atoms with Crippen molar-refractivity contribution in [2.45, 2.75) is 18.7 Å². The average molecular weight is 425 g/mol. The van der Waals surface area contributed by atoms with E-state index in [1.54, 1.807) is 26.0 Å². The zero-order valence-corrected chi connectivity index (χ0v) is 15.1. The second-order valence-corrected chi connectivity index (χ2v) is 7.94. The van der Waals surface area contributed by atoms with Gasteiger partial charge in [-0.1, -0.05) is 22.9 Å². The van der Waals surface area contributed by atoms with Crippen LogP contribution in [0.1, 0.15) is 13.8 Å². The number of benzene rings is 1. The molecule has 0 amide bonds. The third-order valence-electron chi connectivity index (χ3n) is 2.69. The molecule has 5 nitrogen and oxygen atoms in total. The Balaban J connectivity index is 3.32. The van der Waals surface area contributed by atoms with E-state index in [0.29, 0.717) is 8.95 Å². The van der Waals surface area contributed by atoms with Crippen LogP contribution in [0.5, 0.6) is 0 Å². The monoisotopic (exact) mass is 423 g/mol. The van der Waals surface area contributed by atoms with Crippen LogP contribution in [0.15, 0.2) is 26.0 Å². The molecule has 1 unspecified atom stereocenters. The molecule has 0 aromatic heterocycles. The Morgan fingerprint density at radius 2 is 2.05 bits per heavy atom. The number of anilines is 1. The SMILES string of the molecule is CCN(CC(C)C#N)S(=O)(=O)c1c(N)cc(Br)cc1Br. The van der Waals surface area contributed by atoms with E-state index in [1.165, 1.54) is 4.31 Å². The molecule has 2 N–H and O–H groups in total. The Labute approximate surface area is 136 Å². The van der Waals surface area contributed by atoms with Gasteiger partial charge in [0.1, 0.15) is 4.90 Å². The van der Waals surface area contributed by atoms with Gasteiger partial charge in [-0.3, -0.25) is 0 Å². The molecule has 1 aromatic carbocycles. The highest BCUT2D eigenvalue weighted by Gasteiger charge is 2.29. The number of nitrogens with two attached hydrogens (primary N) is 1.